The van der Waals surface area contributed by atoms with Gasteiger partial charge >= 0.3 is 5.69 Å². The number of hydrogen-bond acceptors (Lipinski definition) is 2. The van der Waals surface area contributed by atoms with Gasteiger partial charge in [0.05, 0.1) is 0 Å². The summed E-state index contributed by atoms with van der Waals surface area (Å²) < 4.78 is 5.77. The van der Waals surface area contributed by atoms with Gasteiger partial charge in [-0.05, 0) is 29.5 Å². The fourth-order valence-electron chi connectivity index (χ4n) is 2.03. The maximum Gasteiger partial charge on any atom is 0.426 e. The zero-order chi connectivity index (χ0) is 15.5. The molecule has 0 aliphatic heterocycles. The molecule has 2 rings (SSSR count). The van der Waals surface area contributed by atoms with Gasteiger partial charge in [-0.25, -0.2) is 0 Å². The van der Waals surface area contributed by atoms with Crippen LogP contribution in [0.5, 0.6) is 5.75 Å². The molecular formula is C18H21N2O+. The van der Waals surface area contributed by atoms with Gasteiger partial charge in [0.25, 0.3) is 0 Å². The molecule has 0 aliphatic carbocycles. The van der Waals surface area contributed by atoms with E-state index in [4.69, 9.17) is 4.74 Å². The second-order valence-electron chi connectivity index (χ2n) is 6.31. The van der Waals surface area contributed by atoms with Crippen molar-refractivity contribution in [1.29, 1.82) is 5.39 Å². The lowest BCUT2D eigenvalue weighted by Crippen LogP contribution is -2.10. The minimum Gasteiger partial charge on any atom is -0.481 e. The molecule has 21 heavy (non-hydrogen) atoms. The predicted molar refractivity (Wildman–Crippen MR) is 85.4 cm³/mol. The Morgan fingerprint density at radius 2 is 1.71 bits per heavy atom. The van der Waals surface area contributed by atoms with Crippen LogP contribution < -0.4 is 4.74 Å². The number of aryl methyl sites for hydroxylation is 1. The number of diazo groups is 1. The molecule has 0 aromatic heterocycles. The van der Waals surface area contributed by atoms with Crippen molar-refractivity contribution in [1.82, 2.24) is 0 Å². The zero-order valence-electron chi connectivity index (χ0n) is 13.1. The van der Waals surface area contributed by atoms with E-state index in [-0.39, 0.29) is 5.41 Å². The Hall–Kier alpha value is -2.34. The average molecular weight is 281 g/mol. The molecule has 0 fully saturated rings. The Kier molecular flexibility index (Phi) is 4.28. The highest BCUT2D eigenvalue weighted by atomic mass is 16.5. The van der Waals surface area contributed by atoms with E-state index in [1.54, 1.807) is 0 Å². The van der Waals surface area contributed by atoms with E-state index in [2.05, 4.69) is 44.8 Å². The summed E-state index contributed by atoms with van der Waals surface area (Å²) in [7, 11) is 0. The van der Waals surface area contributed by atoms with E-state index in [0.717, 1.165) is 11.1 Å². The van der Waals surface area contributed by atoms with Gasteiger partial charge in [-0.3, -0.25) is 0 Å². The molecule has 0 bridgehead atoms. The van der Waals surface area contributed by atoms with Crippen molar-refractivity contribution in [2.24, 2.45) is 0 Å². The molecule has 0 radical (unpaired) electrons. The number of benzene rings is 2. The van der Waals surface area contributed by atoms with Gasteiger partial charge in [0, 0.05) is 6.07 Å². The number of rotatable bonds is 3. The third kappa shape index (κ3) is 3.82. The molecule has 3 heteroatoms. The van der Waals surface area contributed by atoms with E-state index < -0.39 is 0 Å². The summed E-state index contributed by atoms with van der Waals surface area (Å²) in [6.07, 6.45) is 0. The van der Waals surface area contributed by atoms with Crippen molar-refractivity contribution in [2.45, 2.75) is 39.7 Å². The van der Waals surface area contributed by atoms with E-state index in [1.165, 1.54) is 5.56 Å². The molecule has 3 nitrogen and oxygen atoms in total. The normalized spacial score (nSPS) is 11.0. The first-order valence-electron chi connectivity index (χ1n) is 7.08. The Morgan fingerprint density at radius 3 is 2.29 bits per heavy atom. The van der Waals surface area contributed by atoms with Gasteiger partial charge in [-0.1, -0.05) is 56.7 Å². The van der Waals surface area contributed by atoms with Crippen LogP contribution in [0.2, 0.25) is 0 Å². The molecule has 108 valence electrons. The SMILES string of the molecule is Cc1ccc(COc2ccc(C(C)(C)C)cc2[N+]#N)cc1. The van der Waals surface area contributed by atoms with Crippen LogP contribution in [0.4, 0.5) is 5.69 Å². The molecular weight excluding hydrogens is 260 g/mol. The summed E-state index contributed by atoms with van der Waals surface area (Å²) >= 11 is 0. The minimum absolute atomic E-state index is 0.00886. The van der Waals surface area contributed by atoms with Crippen LogP contribution in [-0.2, 0) is 12.0 Å². The second-order valence-corrected chi connectivity index (χ2v) is 6.31. The Bertz CT molecular complexity index is 661. The first-order valence-corrected chi connectivity index (χ1v) is 7.08. The van der Waals surface area contributed by atoms with Crippen molar-refractivity contribution in [3.8, 4) is 5.75 Å². The lowest BCUT2D eigenvalue weighted by atomic mass is 9.87. The molecule has 0 spiro atoms. The molecule has 0 amide bonds. The molecule has 2 aromatic carbocycles. The van der Waals surface area contributed by atoms with E-state index >= 15 is 0 Å². The van der Waals surface area contributed by atoms with Crippen LogP contribution in [-0.4, -0.2) is 0 Å². The standard InChI is InChI=1S/C18H21N2O/c1-13-5-7-14(8-6-13)12-21-17-10-9-15(18(2,3)4)11-16(17)20-19/h5-11H,12H2,1-4H3/q+1. The predicted octanol–water partition coefficient (Wildman–Crippen LogP) is 5.36. The average Bonchev–Trinajstić information content (AvgIpc) is 2.45. The van der Waals surface area contributed by atoms with Gasteiger partial charge in [0.2, 0.25) is 11.1 Å². The fraction of sp³-hybridized carbons (Fsp3) is 0.333. The van der Waals surface area contributed by atoms with Gasteiger partial charge in [0.1, 0.15) is 6.61 Å². The highest BCUT2D eigenvalue weighted by Crippen LogP contribution is 2.33. The van der Waals surface area contributed by atoms with Gasteiger partial charge in [-0.2, -0.15) is 0 Å². The summed E-state index contributed by atoms with van der Waals surface area (Å²) in [5.41, 5.74) is 3.89. The lowest BCUT2D eigenvalue weighted by molar-refractivity contribution is 0.308. The Labute approximate surface area is 126 Å². The van der Waals surface area contributed by atoms with E-state index in [1.807, 2.05) is 30.3 Å². The number of nitrogens with zero attached hydrogens (tertiary/aromatic N) is 2. The summed E-state index contributed by atoms with van der Waals surface area (Å²) in [6, 6.07) is 13.9. The molecule has 0 saturated heterocycles. The second kappa shape index (κ2) is 5.97. The number of ether oxygens (including phenoxy) is 1. The van der Waals surface area contributed by atoms with Crippen molar-refractivity contribution in [3.63, 3.8) is 0 Å². The summed E-state index contributed by atoms with van der Waals surface area (Å²) in [6.45, 7) is 8.87. The van der Waals surface area contributed by atoms with Crippen LogP contribution in [0.15, 0.2) is 42.5 Å². The molecule has 0 N–H and O–H groups in total. The van der Waals surface area contributed by atoms with Crippen molar-refractivity contribution >= 4 is 5.69 Å². The third-order valence-electron chi connectivity index (χ3n) is 3.45. The fourth-order valence-corrected chi connectivity index (χ4v) is 2.03. The third-order valence-corrected chi connectivity index (χ3v) is 3.45. The molecule has 0 aliphatic rings. The summed E-state index contributed by atoms with van der Waals surface area (Å²) in [5.74, 6) is 0.589. The highest BCUT2D eigenvalue weighted by molar-refractivity contribution is 5.59. The van der Waals surface area contributed by atoms with Crippen LogP contribution in [0.1, 0.15) is 37.5 Å². The topological polar surface area (TPSA) is 37.4 Å². The summed E-state index contributed by atoms with van der Waals surface area (Å²) in [4.78, 5) is 3.35. The van der Waals surface area contributed by atoms with Gasteiger partial charge in [0.15, 0.2) is 4.98 Å². The van der Waals surface area contributed by atoms with Crippen LogP contribution in [0.25, 0.3) is 4.98 Å². The maximum absolute atomic E-state index is 9.19. The molecule has 0 saturated carbocycles. The molecule has 0 heterocycles. The maximum atomic E-state index is 9.19. The van der Waals surface area contributed by atoms with Crippen LogP contribution >= 0.6 is 0 Å². The van der Waals surface area contributed by atoms with Crippen molar-refractivity contribution in [3.05, 3.63) is 64.1 Å². The van der Waals surface area contributed by atoms with Gasteiger partial charge in [-0.15, -0.1) is 0 Å². The van der Waals surface area contributed by atoms with Crippen molar-refractivity contribution < 1.29 is 4.74 Å². The Balaban J connectivity index is 2.17. The van der Waals surface area contributed by atoms with E-state index in [9.17, 15) is 5.39 Å². The minimum atomic E-state index is 0.00886. The molecule has 2 aromatic rings. The highest BCUT2D eigenvalue weighted by Gasteiger charge is 2.22. The lowest BCUT2D eigenvalue weighted by Gasteiger charge is -2.18. The Morgan fingerprint density at radius 1 is 1.05 bits per heavy atom. The zero-order valence-corrected chi connectivity index (χ0v) is 13.1. The number of hydrogen-bond donors (Lipinski definition) is 0. The quantitative estimate of drug-likeness (QED) is 0.710. The monoisotopic (exact) mass is 281 g/mol. The largest absolute Gasteiger partial charge is 0.481 e. The molecule has 0 unspecified atom stereocenters. The first-order chi connectivity index (χ1) is 9.90. The van der Waals surface area contributed by atoms with Crippen LogP contribution in [0, 0.1) is 12.3 Å². The van der Waals surface area contributed by atoms with Gasteiger partial charge < -0.3 is 4.74 Å². The smallest absolute Gasteiger partial charge is 0.426 e. The van der Waals surface area contributed by atoms with E-state index in [0.29, 0.717) is 18.0 Å². The first kappa shape index (κ1) is 15.1. The van der Waals surface area contributed by atoms with Crippen LogP contribution in [0.3, 0.4) is 0 Å². The molecule has 0 atom stereocenters. The summed E-state index contributed by atoms with van der Waals surface area (Å²) in [5, 5.41) is 9.19. The van der Waals surface area contributed by atoms with Crippen molar-refractivity contribution in [2.75, 3.05) is 0 Å².